The molecule has 1 aliphatic carbocycles. The number of likely N-dealkylation sites (tertiary alicyclic amines) is 1. The number of nitrogens with zero attached hydrogens (tertiary/aromatic N) is 2. The predicted octanol–water partition coefficient (Wildman–Crippen LogP) is 3.77. The van der Waals surface area contributed by atoms with Gasteiger partial charge in [-0.2, -0.15) is 11.3 Å². The van der Waals surface area contributed by atoms with E-state index < -0.39 is 0 Å². The lowest BCUT2D eigenvalue weighted by molar-refractivity contribution is 0.299. The van der Waals surface area contributed by atoms with Crippen LogP contribution in [0.25, 0.3) is 11.1 Å². The van der Waals surface area contributed by atoms with E-state index in [0.717, 1.165) is 57.3 Å². The lowest BCUT2D eigenvalue weighted by Gasteiger charge is -2.25. The van der Waals surface area contributed by atoms with E-state index in [-0.39, 0.29) is 22.5 Å². The smallest absolute Gasteiger partial charge is 0.302 e. The van der Waals surface area contributed by atoms with E-state index in [1.807, 2.05) is 22.9 Å². The van der Waals surface area contributed by atoms with E-state index in [1.54, 1.807) is 22.9 Å². The van der Waals surface area contributed by atoms with E-state index in [0.29, 0.717) is 12.1 Å². The van der Waals surface area contributed by atoms with Crippen LogP contribution in [0.4, 0.5) is 4.39 Å². The minimum atomic E-state index is -0.348. The summed E-state index contributed by atoms with van der Waals surface area (Å²) in [4.78, 5) is 29.3. The number of thiophene rings is 1. The highest BCUT2D eigenvalue weighted by molar-refractivity contribution is 7.08. The number of H-pyrrole nitrogens is 1. The number of unbranched alkanes of at least 4 members (excludes halogenated alkanes) is 1. The molecule has 1 unspecified atom stereocenters. The van der Waals surface area contributed by atoms with Gasteiger partial charge in [-0.3, -0.25) is 14.3 Å². The van der Waals surface area contributed by atoms with Crippen molar-refractivity contribution >= 4 is 11.3 Å². The van der Waals surface area contributed by atoms with Crippen LogP contribution in [0.1, 0.15) is 36.8 Å². The number of fused-ring (bicyclic) bond motifs is 2. The molecule has 2 aromatic heterocycles. The number of rotatable bonds is 6. The number of hydrogen-bond acceptors (Lipinski definition) is 4. The molecule has 5 nitrogen and oxygen atoms in total. The molecule has 1 fully saturated rings. The van der Waals surface area contributed by atoms with Crippen molar-refractivity contribution in [1.82, 2.24) is 14.5 Å². The van der Waals surface area contributed by atoms with Crippen LogP contribution in [0.5, 0.6) is 0 Å². The van der Waals surface area contributed by atoms with Crippen LogP contribution >= 0.6 is 11.3 Å². The Morgan fingerprint density at radius 3 is 2.84 bits per heavy atom. The Bertz CT molecular complexity index is 1200. The van der Waals surface area contributed by atoms with Gasteiger partial charge in [0.25, 0.3) is 5.56 Å². The number of aromatic amines is 1. The Kier molecular flexibility index (Phi) is 5.40. The third-order valence-electron chi connectivity index (χ3n) is 6.91. The highest BCUT2D eigenvalue weighted by atomic mass is 32.1. The summed E-state index contributed by atoms with van der Waals surface area (Å²) < 4.78 is 15.2. The Hall–Kier alpha value is -2.51. The van der Waals surface area contributed by atoms with Crippen molar-refractivity contribution in [2.45, 2.75) is 44.1 Å². The van der Waals surface area contributed by atoms with Gasteiger partial charge in [-0.1, -0.05) is 6.07 Å². The topological polar surface area (TPSA) is 58.1 Å². The van der Waals surface area contributed by atoms with Gasteiger partial charge in [0.2, 0.25) is 0 Å². The lowest BCUT2D eigenvalue weighted by atomic mass is 9.81. The molecule has 1 aromatic carbocycles. The van der Waals surface area contributed by atoms with Crippen molar-refractivity contribution in [1.29, 1.82) is 0 Å². The minimum Gasteiger partial charge on any atom is -0.302 e. The second-order valence-corrected chi connectivity index (χ2v) is 9.60. The van der Waals surface area contributed by atoms with Crippen LogP contribution in [0, 0.1) is 5.82 Å². The van der Waals surface area contributed by atoms with Crippen LogP contribution < -0.4 is 11.2 Å². The Morgan fingerprint density at radius 1 is 1.13 bits per heavy atom. The van der Waals surface area contributed by atoms with Gasteiger partial charge in [-0.25, -0.2) is 9.18 Å². The number of benzene rings is 1. The average Bonchev–Trinajstić information content (AvgIpc) is 3.49. The molecule has 162 valence electrons. The molecule has 7 heteroatoms. The third-order valence-corrected chi connectivity index (χ3v) is 7.59. The number of nitrogens with one attached hydrogen (secondary N) is 1. The average molecular weight is 440 g/mol. The van der Waals surface area contributed by atoms with Crippen molar-refractivity contribution in [3.05, 3.63) is 79.0 Å². The fourth-order valence-corrected chi connectivity index (χ4v) is 5.94. The number of aryl methyl sites for hydroxylation is 2. The molecule has 0 radical (unpaired) electrons. The zero-order valence-corrected chi connectivity index (χ0v) is 18.2. The maximum absolute atomic E-state index is 13.6. The van der Waals surface area contributed by atoms with Gasteiger partial charge in [0.05, 0.1) is 5.56 Å². The van der Waals surface area contributed by atoms with Gasteiger partial charge in [0, 0.05) is 24.7 Å². The number of hydrogen-bond donors (Lipinski definition) is 1. The van der Waals surface area contributed by atoms with Gasteiger partial charge in [0.15, 0.2) is 0 Å². The van der Waals surface area contributed by atoms with Crippen molar-refractivity contribution in [2.75, 3.05) is 19.6 Å². The molecule has 1 saturated heterocycles. The quantitative estimate of drug-likeness (QED) is 0.595. The van der Waals surface area contributed by atoms with Crippen molar-refractivity contribution < 1.29 is 4.39 Å². The Morgan fingerprint density at radius 2 is 2.00 bits per heavy atom. The van der Waals surface area contributed by atoms with Gasteiger partial charge in [0.1, 0.15) is 5.82 Å². The minimum absolute atomic E-state index is 0.134. The summed E-state index contributed by atoms with van der Waals surface area (Å²) in [5.41, 5.74) is 3.42. The second kappa shape index (κ2) is 8.20. The summed E-state index contributed by atoms with van der Waals surface area (Å²) in [6, 6.07) is 7.19. The first-order chi connectivity index (χ1) is 15.0. The zero-order chi connectivity index (χ0) is 21.4. The normalized spacial score (nSPS) is 20.5. The predicted molar refractivity (Wildman–Crippen MR) is 121 cm³/mol. The maximum atomic E-state index is 13.6. The van der Waals surface area contributed by atoms with Crippen LogP contribution in [0.2, 0.25) is 0 Å². The van der Waals surface area contributed by atoms with E-state index in [9.17, 15) is 14.0 Å². The molecule has 1 spiro atoms. The van der Waals surface area contributed by atoms with Crippen molar-refractivity contribution in [3.63, 3.8) is 0 Å². The SMILES string of the molecule is O=c1[nH]c(=O)n(CCCCN2CCC3(CCc4cc(F)ccc43)C2)cc1-c1ccsc1. The standard InChI is InChI=1S/C24H26FN3O2S/c25-19-3-4-21-17(13-19)5-7-24(21)8-11-27(16-24)9-1-2-10-28-14-20(18-6-12-31-15-18)22(29)26-23(28)30/h3-4,6,12-15H,1-2,5,7-11,16H2,(H,26,29,30). The van der Waals surface area contributed by atoms with Crippen LogP contribution in [-0.4, -0.2) is 34.1 Å². The van der Waals surface area contributed by atoms with Crippen LogP contribution in [-0.2, 0) is 18.4 Å². The molecule has 0 saturated carbocycles. The fourth-order valence-electron chi connectivity index (χ4n) is 5.28. The van der Waals surface area contributed by atoms with E-state index in [4.69, 9.17) is 0 Å². The molecular weight excluding hydrogens is 413 g/mol. The molecule has 1 N–H and O–H groups in total. The molecule has 3 aromatic rings. The Labute approximate surface area is 184 Å². The molecule has 3 heterocycles. The first-order valence-corrected chi connectivity index (χ1v) is 11.9. The van der Waals surface area contributed by atoms with Crippen molar-refractivity contribution in [3.8, 4) is 11.1 Å². The largest absolute Gasteiger partial charge is 0.328 e. The van der Waals surface area contributed by atoms with Crippen LogP contribution in [0.15, 0.2) is 50.8 Å². The van der Waals surface area contributed by atoms with E-state index in [2.05, 4.69) is 9.88 Å². The van der Waals surface area contributed by atoms with Gasteiger partial charge in [-0.05, 0) is 90.8 Å². The fraction of sp³-hybridized carbons (Fsp3) is 0.417. The Balaban J connectivity index is 1.18. The van der Waals surface area contributed by atoms with Gasteiger partial charge >= 0.3 is 5.69 Å². The second-order valence-electron chi connectivity index (χ2n) is 8.82. The number of aromatic nitrogens is 2. The summed E-state index contributed by atoms with van der Waals surface area (Å²) >= 11 is 1.53. The third kappa shape index (κ3) is 3.92. The monoisotopic (exact) mass is 439 g/mol. The molecule has 5 rings (SSSR count). The van der Waals surface area contributed by atoms with Gasteiger partial charge < -0.3 is 4.90 Å². The summed E-state index contributed by atoms with van der Waals surface area (Å²) in [6.45, 7) is 3.69. The molecule has 1 aliphatic heterocycles. The lowest BCUT2D eigenvalue weighted by Crippen LogP contribution is -2.31. The summed E-state index contributed by atoms with van der Waals surface area (Å²) in [5, 5.41) is 3.84. The highest BCUT2D eigenvalue weighted by Crippen LogP contribution is 2.45. The molecular formula is C24H26FN3O2S. The summed E-state index contributed by atoms with van der Waals surface area (Å²) in [6.07, 6.45) is 6.77. The summed E-state index contributed by atoms with van der Waals surface area (Å²) in [5.74, 6) is -0.134. The van der Waals surface area contributed by atoms with E-state index >= 15 is 0 Å². The first-order valence-electron chi connectivity index (χ1n) is 10.9. The molecule has 1 atom stereocenters. The van der Waals surface area contributed by atoms with Crippen LogP contribution in [0.3, 0.4) is 0 Å². The van der Waals surface area contributed by atoms with E-state index in [1.165, 1.54) is 22.5 Å². The molecule has 31 heavy (non-hydrogen) atoms. The molecule has 0 bridgehead atoms. The number of halogens is 1. The maximum Gasteiger partial charge on any atom is 0.328 e. The highest BCUT2D eigenvalue weighted by Gasteiger charge is 2.43. The molecule has 0 amide bonds. The zero-order valence-electron chi connectivity index (χ0n) is 17.4. The van der Waals surface area contributed by atoms with Crippen molar-refractivity contribution in [2.24, 2.45) is 0 Å². The summed E-state index contributed by atoms with van der Waals surface area (Å²) in [7, 11) is 0. The molecule has 2 aliphatic rings. The van der Waals surface area contributed by atoms with Gasteiger partial charge in [-0.15, -0.1) is 0 Å². The first kappa shape index (κ1) is 20.4.